The van der Waals surface area contributed by atoms with Gasteiger partial charge in [0, 0.05) is 11.6 Å². The lowest BCUT2D eigenvalue weighted by molar-refractivity contribution is 0.478. The molecule has 0 spiro atoms. The Morgan fingerprint density at radius 3 is 2.29 bits per heavy atom. The van der Waals surface area contributed by atoms with E-state index < -0.39 is 0 Å². The van der Waals surface area contributed by atoms with E-state index in [1.165, 1.54) is 5.56 Å². The van der Waals surface area contributed by atoms with E-state index in [9.17, 15) is 5.11 Å². The number of anilines is 2. The second kappa shape index (κ2) is 6.28. The van der Waals surface area contributed by atoms with Crippen LogP contribution in [0.15, 0.2) is 60.7 Å². The van der Waals surface area contributed by atoms with Gasteiger partial charge in [-0.25, -0.2) is 0 Å². The van der Waals surface area contributed by atoms with Gasteiger partial charge in [-0.2, -0.15) is 0 Å². The zero-order valence-corrected chi connectivity index (χ0v) is 14.0. The summed E-state index contributed by atoms with van der Waals surface area (Å²) in [7, 11) is 0. The average Bonchev–Trinajstić information content (AvgIpc) is 2.58. The highest BCUT2D eigenvalue weighted by molar-refractivity contribution is 5.77. The van der Waals surface area contributed by atoms with E-state index in [2.05, 4.69) is 19.1 Å². The summed E-state index contributed by atoms with van der Waals surface area (Å²) < 4.78 is 0. The predicted octanol–water partition coefficient (Wildman–Crippen LogP) is 4.68. The summed E-state index contributed by atoms with van der Waals surface area (Å²) in [5, 5.41) is 10.0. The van der Waals surface area contributed by atoms with Crippen molar-refractivity contribution >= 4 is 11.4 Å². The van der Waals surface area contributed by atoms with E-state index in [1.807, 2.05) is 43.3 Å². The molecule has 5 N–H and O–H groups in total. The molecule has 1 atom stereocenters. The lowest BCUT2D eigenvalue weighted by Gasteiger charge is -2.19. The number of hydrogen-bond acceptors (Lipinski definition) is 3. The largest absolute Gasteiger partial charge is 0.506 e. The van der Waals surface area contributed by atoms with Crippen molar-refractivity contribution in [1.82, 2.24) is 0 Å². The molecule has 0 radical (unpaired) electrons. The Balaban J connectivity index is 2.18. The van der Waals surface area contributed by atoms with Crippen molar-refractivity contribution in [2.24, 2.45) is 0 Å². The van der Waals surface area contributed by atoms with Gasteiger partial charge in [0.2, 0.25) is 0 Å². The number of nitrogens with two attached hydrogens (primary N) is 2. The molecule has 0 bridgehead atoms. The van der Waals surface area contributed by atoms with E-state index >= 15 is 0 Å². The van der Waals surface area contributed by atoms with Gasteiger partial charge >= 0.3 is 0 Å². The van der Waals surface area contributed by atoms with E-state index in [-0.39, 0.29) is 11.7 Å². The fraction of sp³-hybridized carbons (Fsp3) is 0.143. The Hall–Kier alpha value is -2.94. The molecule has 0 aromatic heterocycles. The smallest absolute Gasteiger partial charge is 0.139 e. The van der Waals surface area contributed by atoms with E-state index in [1.54, 1.807) is 12.1 Å². The minimum Gasteiger partial charge on any atom is -0.506 e. The summed E-state index contributed by atoms with van der Waals surface area (Å²) in [6.07, 6.45) is 0. The first-order valence-corrected chi connectivity index (χ1v) is 8.01. The maximum absolute atomic E-state index is 10.0. The fourth-order valence-corrected chi connectivity index (χ4v) is 3.12. The highest BCUT2D eigenvalue weighted by Crippen LogP contribution is 2.38. The molecule has 3 rings (SSSR count). The molecular weight excluding hydrogens is 296 g/mol. The van der Waals surface area contributed by atoms with E-state index in [0.29, 0.717) is 5.69 Å². The first-order chi connectivity index (χ1) is 11.5. The number of phenolic OH excluding ortho intramolecular Hbond substituents is 1. The summed E-state index contributed by atoms with van der Waals surface area (Å²) in [4.78, 5) is 0. The first-order valence-electron chi connectivity index (χ1n) is 8.01. The van der Waals surface area contributed by atoms with Crippen molar-refractivity contribution in [2.75, 3.05) is 11.5 Å². The molecule has 0 saturated heterocycles. The molecule has 0 heterocycles. The third-order valence-electron chi connectivity index (χ3n) is 4.51. The van der Waals surface area contributed by atoms with Gasteiger partial charge in [0.1, 0.15) is 5.75 Å². The lowest BCUT2D eigenvalue weighted by Crippen LogP contribution is -2.01. The van der Waals surface area contributed by atoms with Gasteiger partial charge in [0.05, 0.1) is 5.69 Å². The topological polar surface area (TPSA) is 72.3 Å². The Labute approximate surface area is 142 Å². The van der Waals surface area contributed by atoms with Crippen molar-refractivity contribution in [1.29, 1.82) is 0 Å². The van der Waals surface area contributed by atoms with Crippen LogP contribution in [-0.4, -0.2) is 5.11 Å². The highest BCUT2D eigenvalue weighted by Gasteiger charge is 2.16. The Morgan fingerprint density at radius 1 is 0.875 bits per heavy atom. The standard InChI is InChI=1S/C21H22N2O/c1-13-10-20(23)21(24)12-18(13)17-9-8-16(22)11-19(17)14(2)15-6-4-3-5-7-15/h3-12,14,24H,22-23H2,1-2H3. The van der Waals surface area contributed by atoms with Crippen molar-refractivity contribution < 1.29 is 5.11 Å². The predicted molar refractivity (Wildman–Crippen MR) is 101 cm³/mol. The van der Waals surface area contributed by atoms with Crippen molar-refractivity contribution in [3.8, 4) is 16.9 Å². The van der Waals surface area contributed by atoms with Crippen molar-refractivity contribution in [3.63, 3.8) is 0 Å². The number of benzene rings is 3. The van der Waals surface area contributed by atoms with Crippen LogP contribution in [0.4, 0.5) is 11.4 Å². The van der Waals surface area contributed by atoms with Crippen LogP contribution < -0.4 is 11.5 Å². The average molecular weight is 318 g/mol. The van der Waals surface area contributed by atoms with Crippen molar-refractivity contribution in [3.05, 3.63) is 77.4 Å². The Bertz CT molecular complexity index is 873. The van der Waals surface area contributed by atoms with Crippen LogP contribution in [0.25, 0.3) is 11.1 Å². The number of aromatic hydroxyl groups is 1. The molecule has 3 aromatic rings. The second-order valence-electron chi connectivity index (χ2n) is 6.21. The molecule has 3 aromatic carbocycles. The van der Waals surface area contributed by atoms with Gasteiger partial charge in [0.25, 0.3) is 0 Å². The van der Waals surface area contributed by atoms with Gasteiger partial charge < -0.3 is 16.6 Å². The van der Waals surface area contributed by atoms with Crippen molar-refractivity contribution in [2.45, 2.75) is 19.8 Å². The molecule has 122 valence electrons. The van der Waals surface area contributed by atoms with E-state index in [4.69, 9.17) is 11.5 Å². The maximum Gasteiger partial charge on any atom is 0.139 e. The molecule has 0 amide bonds. The monoisotopic (exact) mass is 318 g/mol. The first kappa shape index (κ1) is 15.9. The van der Waals surface area contributed by atoms with Crippen LogP contribution in [0.2, 0.25) is 0 Å². The minimum absolute atomic E-state index is 0.103. The molecule has 0 aliphatic heterocycles. The second-order valence-corrected chi connectivity index (χ2v) is 6.21. The van der Waals surface area contributed by atoms with Gasteiger partial charge in [-0.05, 0) is 59.0 Å². The van der Waals surface area contributed by atoms with Crippen LogP contribution in [-0.2, 0) is 0 Å². The summed E-state index contributed by atoms with van der Waals surface area (Å²) >= 11 is 0. The van der Waals surface area contributed by atoms with E-state index in [0.717, 1.165) is 27.9 Å². The zero-order chi connectivity index (χ0) is 17.3. The summed E-state index contributed by atoms with van der Waals surface area (Å²) in [5.74, 6) is 0.287. The number of nitrogen functional groups attached to an aromatic ring is 2. The molecule has 24 heavy (non-hydrogen) atoms. The maximum atomic E-state index is 10.0. The normalized spacial score (nSPS) is 12.1. The third kappa shape index (κ3) is 2.93. The summed E-state index contributed by atoms with van der Waals surface area (Å²) in [5.41, 5.74) is 18.4. The number of hydrogen-bond donors (Lipinski definition) is 3. The molecule has 0 fully saturated rings. The lowest BCUT2D eigenvalue weighted by atomic mass is 9.85. The van der Waals surface area contributed by atoms with Crippen LogP contribution >= 0.6 is 0 Å². The van der Waals surface area contributed by atoms with Gasteiger partial charge in [0.15, 0.2) is 0 Å². The third-order valence-corrected chi connectivity index (χ3v) is 4.51. The molecule has 0 aliphatic rings. The van der Waals surface area contributed by atoms with Gasteiger partial charge in [-0.15, -0.1) is 0 Å². The molecule has 0 aliphatic carbocycles. The molecular formula is C21H22N2O. The molecule has 0 saturated carbocycles. The molecule has 3 heteroatoms. The minimum atomic E-state index is 0.103. The van der Waals surface area contributed by atoms with Crippen LogP contribution in [0.1, 0.15) is 29.5 Å². The Morgan fingerprint density at radius 2 is 1.58 bits per heavy atom. The number of aryl methyl sites for hydroxylation is 1. The summed E-state index contributed by atoms with van der Waals surface area (Å²) in [6.45, 7) is 4.17. The number of rotatable bonds is 3. The molecule has 3 nitrogen and oxygen atoms in total. The quantitative estimate of drug-likeness (QED) is 0.485. The van der Waals surface area contributed by atoms with Crippen LogP contribution in [0.3, 0.4) is 0 Å². The summed E-state index contributed by atoms with van der Waals surface area (Å²) in [6, 6.07) is 19.8. The van der Waals surface area contributed by atoms with Crippen LogP contribution in [0.5, 0.6) is 5.75 Å². The van der Waals surface area contributed by atoms with Gasteiger partial charge in [-0.1, -0.05) is 43.3 Å². The molecule has 1 unspecified atom stereocenters. The fourth-order valence-electron chi connectivity index (χ4n) is 3.12. The zero-order valence-electron chi connectivity index (χ0n) is 14.0. The highest BCUT2D eigenvalue weighted by atomic mass is 16.3. The Kier molecular flexibility index (Phi) is 4.17. The number of phenols is 1. The SMILES string of the molecule is Cc1cc(N)c(O)cc1-c1ccc(N)cc1C(C)c1ccccc1. The van der Waals surface area contributed by atoms with Crippen LogP contribution in [0, 0.1) is 6.92 Å². The van der Waals surface area contributed by atoms with Gasteiger partial charge in [-0.3, -0.25) is 0 Å².